The lowest BCUT2D eigenvalue weighted by atomic mass is 9.95. The molecule has 1 aromatic rings. The molecule has 1 aliphatic rings. The molecule has 3 heteroatoms. The Balaban J connectivity index is 2.04. The minimum absolute atomic E-state index is 0.163. The zero-order valence-electron chi connectivity index (χ0n) is 9.03. The Labute approximate surface area is 94.1 Å². The summed E-state index contributed by atoms with van der Waals surface area (Å²) < 4.78 is 13.5. The maximum Gasteiger partial charge on any atom is 0.303 e. The number of hydrogen-bond acceptors (Lipinski definition) is 1. The molecule has 1 saturated carbocycles. The predicted molar refractivity (Wildman–Crippen MR) is 58.7 cm³/mol. The monoisotopic (exact) mass is 222 g/mol. The molecule has 0 spiro atoms. The standard InChI is InChI=1S/C13H15FO2/c14-12-4-2-1-3-11(12)10-6-5-9(7-10)8-13(15)16/h1-4,9-10H,5-8H2,(H,15,16). The first-order chi connectivity index (χ1) is 7.66. The minimum Gasteiger partial charge on any atom is -0.481 e. The van der Waals surface area contributed by atoms with Gasteiger partial charge in [0.2, 0.25) is 0 Å². The first kappa shape index (κ1) is 11.1. The van der Waals surface area contributed by atoms with Crippen LogP contribution in [0.15, 0.2) is 24.3 Å². The van der Waals surface area contributed by atoms with Gasteiger partial charge in [-0.3, -0.25) is 4.79 Å². The molecule has 0 amide bonds. The van der Waals surface area contributed by atoms with E-state index in [1.807, 2.05) is 12.1 Å². The lowest BCUT2D eigenvalue weighted by Crippen LogP contribution is -2.04. The fraction of sp³-hybridized carbons (Fsp3) is 0.462. The second kappa shape index (κ2) is 4.64. The summed E-state index contributed by atoms with van der Waals surface area (Å²) in [5, 5.41) is 8.71. The molecule has 1 aliphatic carbocycles. The lowest BCUT2D eigenvalue weighted by molar-refractivity contribution is -0.138. The maximum absolute atomic E-state index is 13.5. The van der Waals surface area contributed by atoms with Gasteiger partial charge in [0.05, 0.1) is 0 Å². The SMILES string of the molecule is O=C(O)CC1CCC(c2ccccc2F)C1. The van der Waals surface area contributed by atoms with E-state index >= 15 is 0 Å². The molecule has 2 unspecified atom stereocenters. The van der Waals surface area contributed by atoms with E-state index < -0.39 is 5.97 Å². The maximum atomic E-state index is 13.5. The van der Waals surface area contributed by atoms with E-state index in [4.69, 9.17) is 5.11 Å². The van der Waals surface area contributed by atoms with Crippen molar-refractivity contribution < 1.29 is 14.3 Å². The van der Waals surface area contributed by atoms with E-state index in [1.54, 1.807) is 6.07 Å². The Bertz CT molecular complexity index is 389. The van der Waals surface area contributed by atoms with Crippen LogP contribution in [-0.2, 0) is 4.79 Å². The Morgan fingerprint density at radius 1 is 1.38 bits per heavy atom. The molecule has 0 bridgehead atoms. The largest absolute Gasteiger partial charge is 0.481 e. The number of carboxylic acids is 1. The molecule has 86 valence electrons. The van der Waals surface area contributed by atoms with Gasteiger partial charge in [0.25, 0.3) is 0 Å². The summed E-state index contributed by atoms with van der Waals surface area (Å²) in [6.07, 6.45) is 2.81. The average molecular weight is 222 g/mol. The average Bonchev–Trinajstić information content (AvgIpc) is 2.66. The zero-order valence-corrected chi connectivity index (χ0v) is 9.03. The number of carbonyl (C=O) groups is 1. The van der Waals surface area contributed by atoms with Crippen LogP contribution in [0.2, 0.25) is 0 Å². The Kier molecular flexibility index (Phi) is 3.22. The summed E-state index contributed by atoms with van der Waals surface area (Å²) in [5.74, 6) is -0.504. The number of benzene rings is 1. The third-order valence-electron chi connectivity index (χ3n) is 3.35. The summed E-state index contributed by atoms with van der Waals surface area (Å²) in [6.45, 7) is 0. The normalized spacial score (nSPS) is 24.6. The lowest BCUT2D eigenvalue weighted by Gasteiger charge is -2.11. The molecular formula is C13H15FO2. The molecule has 16 heavy (non-hydrogen) atoms. The molecule has 2 nitrogen and oxygen atoms in total. The van der Waals surface area contributed by atoms with Gasteiger partial charge < -0.3 is 5.11 Å². The fourth-order valence-electron chi connectivity index (χ4n) is 2.60. The Morgan fingerprint density at radius 3 is 2.81 bits per heavy atom. The van der Waals surface area contributed by atoms with Crippen molar-refractivity contribution in [2.45, 2.75) is 31.6 Å². The number of hydrogen-bond donors (Lipinski definition) is 1. The van der Waals surface area contributed by atoms with Crippen molar-refractivity contribution in [1.29, 1.82) is 0 Å². The highest BCUT2D eigenvalue weighted by Crippen LogP contribution is 2.40. The number of carboxylic acid groups (broad SMARTS) is 1. The second-order valence-corrected chi connectivity index (χ2v) is 4.50. The van der Waals surface area contributed by atoms with Crippen LogP contribution in [0, 0.1) is 11.7 Å². The third kappa shape index (κ3) is 2.40. The highest BCUT2D eigenvalue weighted by Gasteiger charge is 2.28. The molecule has 0 saturated heterocycles. The van der Waals surface area contributed by atoms with Crippen LogP contribution in [0.3, 0.4) is 0 Å². The topological polar surface area (TPSA) is 37.3 Å². The summed E-state index contributed by atoms with van der Waals surface area (Å²) in [4.78, 5) is 10.6. The van der Waals surface area contributed by atoms with E-state index in [0.717, 1.165) is 24.8 Å². The quantitative estimate of drug-likeness (QED) is 0.852. The summed E-state index contributed by atoms with van der Waals surface area (Å²) in [7, 11) is 0. The van der Waals surface area contributed by atoms with Gasteiger partial charge in [0, 0.05) is 6.42 Å². The van der Waals surface area contributed by atoms with E-state index in [-0.39, 0.29) is 24.1 Å². The van der Waals surface area contributed by atoms with Gasteiger partial charge in [-0.2, -0.15) is 0 Å². The van der Waals surface area contributed by atoms with Crippen LogP contribution < -0.4 is 0 Å². The molecular weight excluding hydrogens is 207 g/mol. The molecule has 1 N–H and O–H groups in total. The van der Waals surface area contributed by atoms with Gasteiger partial charge in [0.15, 0.2) is 0 Å². The van der Waals surface area contributed by atoms with Crippen molar-refractivity contribution in [3.8, 4) is 0 Å². The molecule has 0 aliphatic heterocycles. The van der Waals surface area contributed by atoms with E-state index in [1.165, 1.54) is 6.07 Å². The van der Waals surface area contributed by atoms with Crippen molar-refractivity contribution in [3.63, 3.8) is 0 Å². The molecule has 2 rings (SSSR count). The van der Waals surface area contributed by atoms with Crippen LogP contribution in [0.5, 0.6) is 0 Å². The van der Waals surface area contributed by atoms with Crippen LogP contribution in [0.4, 0.5) is 4.39 Å². The third-order valence-corrected chi connectivity index (χ3v) is 3.35. The van der Waals surface area contributed by atoms with Gasteiger partial charge in [0.1, 0.15) is 5.82 Å². The predicted octanol–water partition coefficient (Wildman–Crippen LogP) is 3.18. The highest BCUT2D eigenvalue weighted by atomic mass is 19.1. The van der Waals surface area contributed by atoms with Gasteiger partial charge in [-0.15, -0.1) is 0 Å². The van der Waals surface area contributed by atoms with Crippen molar-refractivity contribution in [3.05, 3.63) is 35.6 Å². The van der Waals surface area contributed by atoms with Crippen molar-refractivity contribution in [2.75, 3.05) is 0 Å². The first-order valence-corrected chi connectivity index (χ1v) is 5.63. The van der Waals surface area contributed by atoms with Crippen LogP contribution in [0.25, 0.3) is 0 Å². The minimum atomic E-state index is -0.751. The summed E-state index contributed by atoms with van der Waals surface area (Å²) >= 11 is 0. The fourth-order valence-corrected chi connectivity index (χ4v) is 2.60. The molecule has 1 aromatic carbocycles. The van der Waals surface area contributed by atoms with Crippen LogP contribution >= 0.6 is 0 Å². The second-order valence-electron chi connectivity index (χ2n) is 4.50. The van der Waals surface area contributed by atoms with Gasteiger partial charge in [-0.1, -0.05) is 18.2 Å². The molecule has 1 fully saturated rings. The number of halogens is 1. The zero-order chi connectivity index (χ0) is 11.5. The highest BCUT2D eigenvalue weighted by molar-refractivity contribution is 5.67. The van der Waals surface area contributed by atoms with E-state index in [9.17, 15) is 9.18 Å². The number of aliphatic carboxylic acids is 1. The van der Waals surface area contributed by atoms with Crippen LogP contribution in [0.1, 0.15) is 37.2 Å². The summed E-state index contributed by atoms with van der Waals surface area (Å²) in [6, 6.07) is 6.80. The van der Waals surface area contributed by atoms with Gasteiger partial charge in [-0.25, -0.2) is 4.39 Å². The van der Waals surface area contributed by atoms with E-state index in [0.29, 0.717) is 0 Å². The van der Waals surface area contributed by atoms with Crippen molar-refractivity contribution >= 4 is 5.97 Å². The summed E-state index contributed by atoms with van der Waals surface area (Å²) in [5.41, 5.74) is 0.746. The first-order valence-electron chi connectivity index (χ1n) is 5.63. The molecule has 0 heterocycles. The molecule has 0 radical (unpaired) electrons. The molecule has 0 aromatic heterocycles. The van der Waals surface area contributed by atoms with Crippen LogP contribution in [-0.4, -0.2) is 11.1 Å². The van der Waals surface area contributed by atoms with Crippen molar-refractivity contribution in [2.24, 2.45) is 5.92 Å². The smallest absolute Gasteiger partial charge is 0.303 e. The Hall–Kier alpha value is -1.38. The Morgan fingerprint density at radius 2 is 2.12 bits per heavy atom. The van der Waals surface area contributed by atoms with Crippen molar-refractivity contribution in [1.82, 2.24) is 0 Å². The van der Waals surface area contributed by atoms with Gasteiger partial charge in [-0.05, 0) is 42.7 Å². The number of rotatable bonds is 3. The van der Waals surface area contributed by atoms with E-state index in [2.05, 4.69) is 0 Å². The molecule has 2 atom stereocenters. The van der Waals surface area contributed by atoms with Gasteiger partial charge >= 0.3 is 5.97 Å².